The fourth-order valence-electron chi connectivity index (χ4n) is 1.26. The van der Waals surface area contributed by atoms with E-state index >= 15 is 0 Å². The second-order valence-electron chi connectivity index (χ2n) is 3.22. The summed E-state index contributed by atoms with van der Waals surface area (Å²) in [6, 6.07) is 4.07. The molecule has 76 valence electrons. The number of aliphatic carboxylic acids is 1. The molecule has 1 aromatic carbocycles. The van der Waals surface area contributed by atoms with E-state index in [-0.39, 0.29) is 12.2 Å². The molecule has 4 nitrogen and oxygen atoms in total. The Balaban J connectivity index is 2.91. The van der Waals surface area contributed by atoms with Crippen LogP contribution < -0.4 is 5.73 Å². The third-order valence-corrected chi connectivity index (χ3v) is 2.13. The predicted octanol–water partition coefficient (Wildman–Crippen LogP) is 0.655. The topological polar surface area (TPSA) is 83.5 Å². The van der Waals surface area contributed by atoms with Gasteiger partial charge in [-0.1, -0.05) is 12.1 Å². The van der Waals surface area contributed by atoms with Crippen molar-refractivity contribution in [2.75, 3.05) is 0 Å². The van der Waals surface area contributed by atoms with Gasteiger partial charge in [-0.05, 0) is 24.1 Å². The molecule has 14 heavy (non-hydrogen) atoms. The molecule has 1 aromatic rings. The molecule has 0 aliphatic heterocycles. The normalized spacial score (nSPS) is 12.4. The number of rotatable bonds is 3. The quantitative estimate of drug-likeness (QED) is 0.661. The minimum Gasteiger partial charge on any atom is -0.508 e. The lowest BCUT2D eigenvalue weighted by Gasteiger charge is -2.10. The van der Waals surface area contributed by atoms with E-state index < -0.39 is 12.0 Å². The van der Waals surface area contributed by atoms with Gasteiger partial charge in [-0.25, -0.2) is 0 Å². The monoisotopic (exact) mass is 195 g/mol. The fraction of sp³-hybridized carbons (Fsp3) is 0.300. The van der Waals surface area contributed by atoms with Gasteiger partial charge in [0.2, 0.25) is 0 Å². The molecule has 0 bridgehead atoms. The van der Waals surface area contributed by atoms with E-state index in [0.29, 0.717) is 5.56 Å². The van der Waals surface area contributed by atoms with Gasteiger partial charge in [-0.15, -0.1) is 0 Å². The Morgan fingerprint density at radius 1 is 1.57 bits per heavy atom. The molecule has 4 heteroatoms. The third kappa shape index (κ3) is 2.23. The highest BCUT2D eigenvalue weighted by Crippen LogP contribution is 2.21. The number of phenols is 1. The van der Waals surface area contributed by atoms with E-state index in [1.165, 1.54) is 6.07 Å². The highest BCUT2D eigenvalue weighted by Gasteiger charge is 2.15. The van der Waals surface area contributed by atoms with Gasteiger partial charge < -0.3 is 15.9 Å². The first-order chi connectivity index (χ1) is 6.52. The lowest BCUT2D eigenvalue weighted by Crippen LogP contribution is -2.32. The number of hydrogen-bond donors (Lipinski definition) is 3. The van der Waals surface area contributed by atoms with Crippen molar-refractivity contribution in [2.24, 2.45) is 5.73 Å². The molecule has 0 unspecified atom stereocenters. The Kier molecular flexibility index (Phi) is 3.09. The summed E-state index contributed by atoms with van der Waals surface area (Å²) in [5.74, 6) is -0.964. The van der Waals surface area contributed by atoms with Crippen LogP contribution in [0, 0.1) is 6.92 Å². The first-order valence-electron chi connectivity index (χ1n) is 4.28. The zero-order valence-corrected chi connectivity index (χ0v) is 7.90. The van der Waals surface area contributed by atoms with Gasteiger partial charge in [0.15, 0.2) is 0 Å². The molecule has 0 aromatic heterocycles. The molecule has 4 N–H and O–H groups in total. The Hall–Kier alpha value is -1.55. The highest BCUT2D eigenvalue weighted by atomic mass is 16.4. The van der Waals surface area contributed by atoms with E-state index in [2.05, 4.69) is 0 Å². The molecule has 0 amide bonds. The lowest BCUT2D eigenvalue weighted by molar-refractivity contribution is -0.138. The standard InChI is InChI=1S/C10H13NO3/c1-6-3-2-4-9(12)7(6)5-8(11)10(13)14/h2-4,8,12H,5,11H2,1H3,(H,13,14)/t8-/m1/s1. The maximum absolute atomic E-state index is 10.5. The molecule has 0 aliphatic rings. The van der Waals surface area contributed by atoms with Crippen molar-refractivity contribution in [3.8, 4) is 5.75 Å². The smallest absolute Gasteiger partial charge is 0.320 e. The van der Waals surface area contributed by atoms with Crippen molar-refractivity contribution < 1.29 is 15.0 Å². The fourth-order valence-corrected chi connectivity index (χ4v) is 1.26. The van der Waals surface area contributed by atoms with Crippen molar-refractivity contribution in [1.82, 2.24) is 0 Å². The average molecular weight is 195 g/mol. The highest BCUT2D eigenvalue weighted by molar-refractivity contribution is 5.73. The van der Waals surface area contributed by atoms with Crippen molar-refractivity contribution in [3.63, 3.8) is 0 Å². The molecular formula is C10H13NO3. The molecule has 0 saturated carbocycles. The van der Waals surface area contributed by atoms with Crippen LogP contribution in [0.3, 0.4) is 0 Å². The first-order valence-corrected chi connectivity index (χ1v) is 4.28. The molecule has 0 spiro atoms. The van der Waals surface area contributed by atoms with E-state index in [0.717, 1.165) is 5.56 Å². The second kappa shape index (κ2) is 4.11. The molecule has 0 radical (unpaired) electrons. The Bertz CT molecular complexity index is 329. The molecule has 1 rings (SSSR count). The van der Waals surface area contributed by atoms with Crippen LogP contribution in [0.4, 0.5) is 0 Å². The van der Waals surface area contributed by atoms with Crippen molar-refractivity contribution in [3.05, 3.63) is 29.3 Å². The van der Waals surface area contributed by atoms with Crippen molar-refractivity contribution in [1.29, 1.82) is 0 Å². The summed E-state index contributed by atoms with van der Waals surface area (Å²) in [6.07, 6.45) is 0.147. The zero-order chi connectivity index (χ0) is 10.7. The van der Waals surface area contributed by atoms with Gasteiger partial charge >= 0.3 is 5.97 Å². The summed E-state index contributed by atoms with van der Waals surface area (Å²) in [5.41, 5.74) is 6.82. The van der Waals surface area contributed by atoms with Crippen LogP contribution in [0.1, 0.15) is 11.1 Å². The maximum atomic E-state index is 10.5. The van der Waals surface area contributed by atoms with Gasteiger partial charge in [0, 0.05) is 6.42 Å². The summed E-state index contributed by atoms with van der Waals surface area (Å²) in [5, 5.41) is 18.1. The van der Waals surface area contributed by atoms with Crippen LogP contribution in [-0.2, 0) is 11.2 Å². The number of nitrogens with two attached hydrogens (primary N) is 1. The van der Waals surface area contributed by atoms with E-state index in [9.17, 15) is 9.90 Å². The summed E-state index contributed by atoms with van der Waals surface area (Å²) < 4.78 is 0. The molecule has 0 heterocycles. The number of hydrogen-bond acceptors (Lipinski definition) is 3. The van der Waals surface area contributed by atoms with Crippen LogP contribution in [0.15, 0.2) is 18.2 Å². The SMILES string of the molecule is Cc1cccc(O)c1C[C@@H](N)C(=O)O. The predicted molar refractivity (Wildman–Crippen MR) is 52.2 cm³/mol. The summed E-state index contributed by atoms with van der Waals surface area (Å²) in [6.45, 7) is 1.81. The van der Waals surface area contributed by atoms with Crippen LogP contribution in [-0.4, -0.2) is 22.2 Å². The number of aromatic hydroxyl groups is 1. The molecular weight excluding hydrogens is 182 g/mol. The summed E-state index contributed by atoms with van der Waals surface area (Å²) in [7, 11) is 0. The Morgan fingerprint density at radius 2 is 2.21 bits per heavy atom. The van der Waals surface area contributed by atoms with Crippen LogP contribution in [0.2, 0.25) is 0 Å². The number of carboxylic acid groups (broad SMARTS) is 1. The van der Waals surface area contributed by atoms with Crippen LogP contribution in [0.25, 0.3) is 0 Å². The molecule has 0 saturated heterocycles. The van der Waals surface area contributed by atoms with Crippen molar-refractivity contribution in [2.45, 2.75) is 19.4 Å². The van der Waals surface area contributed by atoms with Gasteiger partial charge in [0.05, 0.1) is 0 Å². The van der Waals surface area contributed by atoms with Crippen LogP contribution in [0.5, 0.6) is 5.75 Å². The van der Waals surface area contributed by atoms with Gasteiger partial charge in [-0.2, -0.15) is 0 Å². The van der Waals surface area contributed by atoms with Gasteiger partial charge in [0.1, 0.15) is 11.8 Å². The number of phenolic OH excluding ortho intramolecular Hbond substituents is 1. The summed E-state index contributed by atoms with van der Waals surface area (Å²) >= 11 is 0. The van der Waals surface area contributed by atoms with Crippen molar-refractivity contribution >= 4 is 5.97 Å². The summed E-state index contributed by atoms with van der Waals surface area (Å²) in [4.78, 5) is 10.5. The van der Waals surface area contributed by atoms with E-state index in [1.807, 2.05) is 13.0 Å². The Labute approximate surface area is 82.0 Å². The average Bonchev–Trinajstić information content (AvgIpc) is 2.11. The number of benzene rings is 1. The molecule has 1 atom stereocenters. The lowest BCUT2D eigenvalue weighted by atomic mass is 10.0. The molecule has 0 fully saturated rings. The number of aryl methyl sites for hydroxylation is 1. The largest absolute Gasteiger partial charge is 0.508 e. The van der Waals surface area contributed by atoms with Crippen LogP contribution >= 0.6 is 0 Å². The minimum absolute atomic E-state index is 0.0988. The Morgan fingerprint density at radius 3 is 2.71 bits per heavy atom. The molecule has 0 aliphatic carbocycles. The third-order valence-electron chi connectivity index (χ3n) is 2.13. The van der Waals surface area contributed by atoms with Gasteiger partial charge in [0.25, 0.3) is 0 Å². The minimum atomic E-state index is -1.06. The number of carbonyl (C=O) groups is 1. The second-order valence-corrected chi connectivity index (χ2v) is 3.22. The maximum Gasteiger partial charge on any atom is 0.320 e. The number of carboxylic acids is 1. The van der Waals surface area contributed by atoms with Gasteiger partial charge in [-0.3, -0.25) is 4.79 Å². The van der Waals surface area contributed by atoms with E-state index in [4.69, 9.17) is 10.8 Å². The van der Waals surface area contributed by atoms with E-state index in [1.54, 1.807) is 6.07 Å². The zero-order valence-electron chi connectivity index (χ0n) is 7.90. The first kappa shape index (κ1) is 10.5.